The van der Waals surface area contributed by atoms with E-state index in [2.05, 4.69) is 16.2 Å². The van der Waals surface area contributed by atoms with Gasteiger partial charge in [-0.15, -0.1) is 0 Å². The summed E-state index contributed by atoms with van der Waals surface area (Å²) in [5.41, 5.74) is 3.90. The van der Waals surface area contributed by atoms with Crippen LogP contribution in [0.25, 0.3) is 5.69 Å². The molecule has 1 amide bonds. The van der Waals surface area contributed by atoms with Gasteiger partial charge in [0.2, 0.25) is 0 Å². The summed E-state index contributed by atoms with van der Waals surface area (Å²) in [5.74, 6) is 0.0746. The molecule has 0 N–H and O–H groups in total. The van der Waals surface area contributed by atoms with Gasteiger partial charge in [-0.05, 0) is 38.1 Å². The molecular weight excluding hydrogens is 364 g/mol. The number of rotatable bonds is 3. The molecule has 0 saturated carbocycles. The first-order chi connectivity index (χ1) is 14.0. The molecule has 1 fully saturated rings. The van der Waals surface area contributed by atoms with Crippen LogP contribution in [0.3, 0.4) is 0 Å². The van der Waals surface area contributed by atoms with E-state index >= 15 is 0 Å². The zero-order valence-corrected chi connectivity index (χ0v) is 17.0. The number of carbonyl (C=O) groups excluding carboxylic acids is 1. The lowest BCUT2D eigenvalue weighted by Gasteiger charge is -2.45. The highest BCUT2D eigenvalue weighted by Crippen LogP contribution is 2.41. The highest BCUT2D eigenvalue weighted by Gasteiger charge is 2.46. The molecule has 150 valence electrons. The lowest BCUT2D eigenvalue weighted by atomic mass is 9.72. The molecule has 7 nitrogen and oxygen atoms in total. The maximum absolute atomic E-state index is 12.8. The molecule has 29 heavy (non-hydrogen) atoms. The molecule has 5 rings (SSSR count). The lowest BCUT2D eigenvalue weighted by Crippen LogP contribution is -2.53. The predicted octanol–water partition coefficient (Wildman–Crippen LogP) is 2.23. The van der Waals surface area contributed by atoms with Gasteiger partial charge in [-0.2, -0.15) is 10.2 Å². The highest BCUT2D eigenvalue weighted by atomic mass is 16.2. The Bertz CT molecular complexity index is 1030. The van der Waals surface area contributed by atoms with Crippen LogP contribution in [0.1, 0.15) is 34.5 Å². The number of aryl methyl sites for hydroxylation is 1. The van der Waals surface area contributed by atoms with Crippen molar-refractivity contribution in [3.8, 4) is 5.69 Å². The topological polar surface area (TPSA) is 59.2 Å². The first kappa shape index (κ1) is 18.1. The van der Waals surface area contributed by atoms with E-state index in [1.807, 2.05) is 71.1 Å². The van der Waals surface area contributed by atoms with E-state index in [0.717, 1.165) is 56.0 Å². The minimum Gasteiger partial charge on any atom is -0.341 e. The molecule has 0 unspecified atom stereocenters. The van der Waals surface area contributed by atoms with Gasteiger partial charge < -0.3 is 4.90 Å². The number of piperidine rings is 1. The highest BCUT2D eigenvalue weighted by molar-refractivity contribution is 5.96. The standard InChI is InChI=1S/C22H26N6O/c1-25-16-22(8-10-27(11-9-22)14-17-12-23-26(2)13-17)20-19(21(25)29)15-28(24-20)18-6-4-3-5-7-18/h3-7,12-13,15H,8-11,14,16H2,1-2H3. The van der Waals surface area contributed by atoms with Gasteiger partial charge in [-0.3, -0.25) is 14.4 Å². The summed E-state index contributed by atoms with van der Waals surface area (Å²) < 4.78 is 3.72. The number of fused-ring (bicyclic) bond motifs is 2. The van der Waals surface area contributed by atoms with Gasteiger partial charge in [0.05, 0.1) is 23.1 Å². The number of likely N-dealkylation sites (tertiary alicyclic amines) is 1. The molecule has 0 radical (unpaired) electrons. The Morgan fingerprint density at radius 3 is 2.52 bits per heavy atom. The Labute approximate surface area is 170 Å². The first-order valence-corrected chi connectivity index (χ1v) is 10.1. The molecule has 2 aliphatic heterocycles. The molecule has 2 aromatic heterocycles. The Morgan fingerprint density at radius 1 is 1.07 bits per heavy atom. The van der Waals surface area contributed by atoms with Crippen LogP contribution in [0.2, 0.25) is 0 Å². The number of likely N-dealkylation sites (N-methyl/N-ethyl adjacent to an activating group) is 1. The summed E-state index contributed by atoms with van der Waals surface area (Å²) in [7, 11) is 3.86. The fourth-order valence-electron chi connectivity index (χ4n) is 4.79. The van der Waals surface area contributed by atoms with E-state index in [1.165, 1.54) is 5.56 Å². The number of para-hydroxylation sites is 1. The summed E-state index contributed by atoms with van der Waals surface area (Å²) in [5, 5.41) is 9.21. The molecule has 3 aromatic rings. The molecule has 1 saturated heterocycles. The van der Waals surface area contributed by atoms with E-state index in [1.54, 1.807) is 0 Å². The van der Waals surface area contributed by atoms with Crippen molar-refractivity contribution in [2.24, 2.45) is 7.05 Å². The average Bonchev–Trinajstić information content (AvgIpc) is 3.36. The average molecular weight is 390 g/mol. The fourth-order valence-corrected chi connectivity index (χ4v) is 4.79. The van der Waals surface area contributed by atoms with Crippen molar-refractivity contribution in [3.05, 3.63) is 65.7 Å². The summed E-state index contributed by atoms with van der Waals surface area (Å²) >= 11 is 0. The second-order valence-corrected chi connectivity index (χ2v) is 8.41. The zero-order valence-electron chi connectivity index (χ0n) is 17.0. The van der Waals surface area contributed by atoms with Crippen molar-refractivity contribution in [3.63, 3.8) is 0 Å². The second kappa shape index (κ2) is 6.84. The maximum Gasteiger partial charge on any atom is 0.257 e. The van der Waals surface area contributed by atoms with Crippen LogP contribution in [0, 0.1) is 0 Å². The monoisotopic (exact) mass is 390 g/mol. The molecule has 2 aliphatic rings. The smallest absolute Gasteiger partial charge is 0.257 e. The van der Waals surface area contributed by atoms with Gasteiger partial charge in [0.1, 0.15) is 0 Å². The number of hydrogen-bond acceptors (Lipinski definition) is 4. The molecule has 1 aromatic carbocycles. The van der Waals surface area contributed by atoms with E-state index < -0.39 is 0 Å². The largest absolute Gasteiger partial charge is 0.341 e. The third-order valence-corrected chi connectivity index (χ3v) is 6.33. The Hall–Kier alpha value is -2.93. The molecule has 0 atom stereocenters. The van der Waals surface area contributed by atoms with Gasteiger partial charge in [0.15, 0.2) is 0 Å². The molecule has 4 heterocycles. The summed E-state index contributed by atoms with van der Waals surface area (Å²) in [4.78, 5) is 17.2. The van der Waals surface area contributed by atoms with E-state index in [-0.39, 0.29) is 11.3 Å². The summed E-state index contributed by atoms with van der Waals surface area (Å²) in [6.07, 6.45) is 7.94. The van der Waals surface area contributed by atoms with Gasteiger partial charge in [0.25, 0.3) is 5.91 Å². The first-order valence-electron chi connectivity index (χ1n) is 10.1. The Kier molecular flexibility index (Phi) is 4.28. The normalized spacial score (nSPS) is 19.0. The zero-order chi connectivity index (χ0) is 20.0. The minimum atomic E-state index is -0.0660. The quantitative estimate of drug-likeness (QED) is 0.688. The second-order valence-electron chi connectivity index (χ2n) is 8.41. The van der Waals surface area contributed by atoms with Gasteiger partial charge in [-0.25, -0.2) is 4.68 Å². The fraction of sp³-hybridized carbons (Fsp3) is 0.409. The molecule has 7 heteroatoms. The van der Waals surface area contributed by atoms with Crippen molar-refractivity contribution in [2.75, 3.05) is 26.7 Å². The number of carbonyl (C=O) groups is 1. The maximum atomic E-state index is 12.8. The number of aromatic nitrogens is 4. The van der Waals surface area contributed by atoms with Crippen molar-refractivity contribution in [1.29, 1.82) is 0 Å². The van der Waals surface area contributed by atoms with Gasteiger partial charge in [-0.1, -0.05) is 18.2 Å². The lowest BCUT2D eigenvalue weighted by molar-refractivity contribution is 0.0628. The Morgan fingerprint density at radius 2 is 1.83 bits per heavy atom. The summed E-state index contributed by atoms with van der Waals surface area (Å²) in [6.45, 7) is 3.65. The van der Waals surface area contributed by atoms with Crippen molar-refractivity contribution < 1.29 is 4.79 Å². The predicted molar refractivity (Wildman–Crippen MR) is 110 cm³/mol. The number of amides is 1. The van der Waals surface area contributed by atoms with Gasteiger partial charge in [0, 0.05) is 50.6 Å². The van der Waals surface area contributed by atoms with Crippen molar-refractivity contribution in [2.45, 2.75) is 24.8 Å². The van der Waals surface area contributed by atoms with Gasteiger partial charge >= 0.3 is 0 Å². The number of hydrogen-bond donors (Lipinski definition) is 0. The van der Waals surface area contributed by atoms with E-state index in [4.69, 9.17) is 5.10 Å². The van der Waals surface area contributed by atoms with E-state index in [0.29, 0.717) is 0 Å². The van der Waals surface area contributed by atoms with Crippen LogP contribution in [-0.4, -0.2) is 61.9 Å². The molecule has 0 aliphatic carbocycles. The number of benzene rings is 1. The van der Waals surface area contributed by atoms with Crippen LogP contribution >= 0.6 is 0 Å². The van der Waals surface area contributed by atoms with Crippen LogP contribution in [0.5, 0.6) is 0 Å². The van der Waals surface area contributed by atoms with Crippen molar-refractivity contribution >= 4 is 5.91 Å². The van der Waals surface area contributed by atoms with E-state index in [9.17, 15) is 4.79 Å². The van der Waals surface area contributed by atoms with Crippen LogP contribution < -0.4 is 0 Å². The number of nitrogens with zero attached hydrogens (tertiary/aromatic N) is 6. The van der Waals surface area contributed by atoms with Crippen molar-refractivity contribution in [1.82, 2.24) is 29.4 Å². The Balaban J connectivity index is 1.42. The molecule has 1 spiro atoms. The third kappa shape index (κ3) is 3.15. The third-order valence-electron chi connectivity index (χ3n) is 6.33. The molecule has 0 bridgehead atoms. The molecular formula is C22H26N6O. The van der Waals surface area contributed by atoms with Crippen LogP contribution in [0.15, 0.2) is 48.9 Å². The SMILES string of the molecule is CN1CC2(CCN(Cc3cnn(C)c3)CC2)c2nn(-c3ccccc3)cc2C1=O. The summed E-state index contributed by atoms with van der Waals surface area (Å²) in [6, 6.07) is 10.0. The van der Waals surface area contributed by atoms with Crippen LogP contribution in [0.4, 0.5) is 0 Å². The minimum absolute atomic E-state index is 0.0660. The van der Waals surface area contributed by atoms with Crippen LogP contribution in [-0.2, 0) is 19.0 Å².